The number of nitrogens with two attached hydrogens (primary N) is 1. The standard InChI is InChI=1S/C13H21N/c1-11(2)9-13(3,14)10-12-7-5-4-6-8-12/h4-8,11H,9-10,14H2,1-3H3/t13-/m0/s1. The molecule has 1 aromatic carbocycles. The number of hydrogen-bond acceptors (Lipinski definition) is 1. The van der Waals surface area contributed by atoms with E-state index in [0.29, 0.717) is 5.92 Å². The highest BCUT2D eigenvalue weighted by molar-refractivity contribution is 5.17. The number of hydrogen-bond donors (Lipinski definition) is 1. The van der Waals surface area contributed by atoms with E-state index in [4.69, 9.17) is 5.73 Å². The van der Waals surface area contributed by atoms with Gasteiger partial charge in [0.1, 0.15) is 0 Å². The highest BCUT2D eigenvalue weighted by Crippen LogP contribution is 2.18. The summed E-state index contributed by atoms with van der Waals surface area (Å²) < 4.78 is 0. The van der Waals surface area contributed by atoms with Crippen LogP contribution in [-0.2, 0) is 6.42 Å². The zero-order chi connectivity index (χ0) is 10.6. The van der Waals surface area contributed by atoms with Crippen molar-refractivity contribution in [2.45, 2.75) is 39.2 Å². The second-order valence-electron chi connectivity index (χ2n) is 4.91. The Hall–Kier alpha value is -0.820. The zero-order valence-corrected chi connectivity index (χ0v) is 9.46. The van der Waals surface area contributed by atoms with E-state index in [1.54, 1.807) is 0 Å². The Labute approximate surface area is 87.3 Å². The lowest BCUT2D eigenvalue weighted by atomic mass is 9.86. The van der Waals surface area contributed by atoms with Crippen LogP contribution in [-0.4, -0.2) is 5.54 Å². The first kappa shape index (κ1) is 11.3. The summed E-state index contributed by atoms with van der Waals surface area (Å²) in [6.45, 7) is 6.58. The third-order valence-electron chi connectivity index (χ3n) is 2.33. The second-order valence-corrected chi connectivity index (χ2v) is 4.91. The summed E-state index contributed by atoms with van der Waals surface area (Å²) in [5, 5.41) is 0. The average Bonchev–Trinajstić information content (AvgIpc) is 2.02. The minimum Gasteiger partial charge on any atom is -0.325 e. The van der Waals surface area contributed by atoms with Gasteiger partial charge in [-0.3, -0.25) is 0 Å². The van der Waals surface area contributed by atoms with Gasteiger partial charge >= 0.3 is 0 Å². The summed E-state index contributed by atoms with van der Waals surface area (Å²) in [5.41, 5.74) is 7.51. The molecule has 1 atom stereocenters. The molecule has 1 heteroatoms. The van der Waals surface area contributed by atoms with Gasteiger partial charge in [0, 0.05) is 5.54 Å². The van der Waals surface area contributed by atoms with Crippen molar-refractivity contribution in [1.82, 2.24) is 0 Å². The Bertz CT molecular complexity index is 262. The van der Waals surface area contributed by atoms with Gasteiger partial charge < -0.3 is 5.73 Å². The van der Waals surface area contributed by atoms with Crippen LogP contribution in [0.15, 0.2) is 30.3 Å². The van der Waals surface area contributed by atoms with Gasteiger partial charge in [-0.1, -0.05) is 44.2 Å². The summed E-state index contributed by atoms with van der Waals surface area (Å²) in [7, 11) is 0. The van der Waals surface area contributed by atoms with E-state index >= 15 is 0 Å². The van der Waals surface area contributed by atoms with Crippen molar-refractivity contribution >= 4 is 0 Å². The summed E-state index contributed by atoms with van der Waals surface area (Å²) >= 11 is 0. The summed E-state index contributed by atoms with van der Waals surface area (Å²) in [6, 6.07) is 10.5. The second kappa shape index (κ2) is 4.61. The predicted molar refractivity (Wildman–Crippen MR) is 62.2 cm³/mol. The Morgan fingerprint density at radius 3 is 2.29 bits per heavy atom. The maximum Gasteiger partial charge on any atom is 0.0168 e. The maximum atomic E-state index is 6.25. The lowest BCUT2D eigenvalue weighted by Gasteiger charge is -2.26. The van der Waals surface area contributed by atoms with Crippen molar-refractivity contribution in [3.05, 3.63) is 35.9 Å². The van der Waals surface area contributed by atoms with Gasteiger partial charge in [0.05, 0.1) is 0 Å². The van der Waals surface area contributed by atoms with Gasteiger partial charge in [0.25, 0.3) is 0 Å². The molecule has 1 rings (SSSR count). The smallest absolute Gasteiger partial charge is 0.0168 e. The van der Waals surface area contributed by atoms with Crippen molar-refractivity contribution in [3.8, 4) is 0 Å². The molecule has 0 bridgehead atoms. The van der Waals surface area contributed by atoms with E-state index < -0.39 is 0 Å². The summed E-state index contributed by atoms with van der Waals surface area (Å²) in [6.07, 6.45) is 2.04. The van der Waals surface area contributed by atoms with Crippen LogP contribution in [0, 0.1) is 5.92 Å². The first-order valence-electron chi connectivity index (χ1n) is 5.32. The van der Waals surface area contributed by atoms with Crippen molar-refractivity contribution in [1.29, 1.82) is 0 Å². The third-order valence-corrected chi connectivity index (χ3v) is 2.33. The predicted octanol–water partition coefficient (Wildman–Crippen LogP) is 2.99. The van der Waals surface area contributed by atoms with Crippen molar-refractivity contribution in [2.75, 3.05) is 0 Å². The largest absolute Gasteiger partial charge is 0.325 e. The molecular formula is C13H21N. The average molecular weight is 191 g/mol. The van der Waals surface area contributed by atoms with Crippen molar-refractivity contribution in [2.24, 2.45) is 11.7 Å². The van der Waals surface area contributed by atoms with E-state index in [0.717, 1.165) is 12.8 Å². The van der Waals surface area contributed by atoms with Crippen LogP contribution < -0.4 is 5.73 Å². The molecule has 78 valence electrons. The Morgan fingerprint density at radius 2 is 1.79 bits per heavy atom. The molecule has 0 aliphatic heterocycles. The number of rotatable bonds is 4. The van der Waals surface area contributed by atoms with E-state index in [1.165, 1.54) is 5.56 Å². The van der Waals surface area contributed by atoms with Gasteiger partial charge in [-0.15, -0.1) is 0 Å². The highest BCUT2D eigenvalue weighted by Gasteiger charge is 2.19. The molecule has 1 aromatic rings. The molecular weight excluding hydrogens is 170 g/mol. The molecule has 2 N–H and O–H groups in total. The van der Waals surface area contributed by atoms with Crippen LogP contribution in [0.25, 0.3) is 0 Å². The maximum absolute atomic E-state index is 6.25. The van der Waals surface area contributed by atoms with Gasteiger partial charge in [-0.2, -0.15) is 0 Å². The molecule has 0 heterocycles. The molecule has 0 aliphatic carbocycles. The molecule has 0 aromatic heterocycles. The molecule has 0 saturated carbocycles. The lowest BCUT2D eigenvalue weighted by Crippen LogP contribution is -2.39. The Balaban J connectivity index is 2.59. The van der Waals surface area contributed by atoms with Crippen LogP contribution >= 0.6 is 0 Å². The molecule has 0 saturated heterocycles. The fourth-order valence-electron chi connectivity index (χ4n) is 2.07. The molecule has 0 unspecified atom stereocenters. The van der Waals surface area contributed by atoms with Gasteiger partial charge in [-0.05, 0) is 31.2 Å². The topological polar surface area (TPSA) is 26.0 Å². The normalized spacial score (nSPS) is 15.5. The minimum atomic E-state index is -0.0739. The van der Waals surface area contributed by atoms with Crippen LogP contribution in [0.3, 0.4) is 0 Å². The van der Waals surface area contributed by atoms with E-state index in [-0.39, 0.29) is 5.54 Å². The Kier molecular flexibility index (Phi) is 3.70. The highest BCUT2D eigenvalue weighted by atomic mass is 14.7. The monoisotopic (exact) mass is 191 g/mol. The van der Waals surface area contributed by atoms with Crippen molar-refractivity contribution < 1.29 is 0 Å². The lowest BCUT2D eigenvalue weighted by molar-refractivity contribution is 0.367. The van der Waals surface area contributed by atoms with Crippen LogP contribution in [0.5, 0.6) is 0 Å². The molecule has 0 radical (unpaired) electrons. The van der Waals surface area contributed by atoms with Crippen LogP contribution in [0.2, 0.25) is 0 Å². The van der Waals surface area contributed by atoms with E-state index in [9.17, 15) is 0 Å². The van der Waals surface area contributed by atoms with E-state index in [1.807, 2.05) is 6.07 Å². The first-order chi connectivity index (χ1) is 6.49. The minimum absolute atomic E-state index is 0.0739. The summed E-state index contributed by atoms with van der Waals surface area (Å²) in [5.74, 6) is 0.661. The quantitative estimate of drug-likeness (QED) is 0.778. The molecule has 0 amide bonds. The first-order valence-corrected chi connectivity index (χ1v) is 5.32. The Morgan fingerprint density at radius 1 is 1.21 bits per heavy atom. The van der Waals surface area contributed by atoms with Crippen LogP contribution in [0.4, 0.5) is 0 Å². The van der Waals surface area contributed by atoms with Gasteiger partial charge in [-0.25, -0.2) is 0 Å². The van der Waals surface area contributed by atoms with Crippen molar-refractivity contribution in [3.63, 3.8) is 0 Å². The number of benzene rings is 1. The zero-order valence-electron chi connectivity index (χ0n) is 9.46. The van der Waals surface area contributed by atoms with Crippen LogP contribution in [0.1, 0.15) is 32.8 Å². The molecule has 0 fully saturated rings. The fourth-order valence-corrected chi connectivity index (χ4v) is 2.07. The molecule has 0 spiro atoms. The SMILES string of the molecule is CC(C)C[C@](C)(N)Cc1ccccc1. The van der Waals surface area contributed by atoms with Gasteiger partial charge in [0.2, 0.25) is 0 Å². The molecule has 14 heavy (non-hydrogen) atoms. The summed E-state index contributed by atoms with van der Waals surface area (Å²) in [4.78, 5) is 0. The molecule has 1 nitrogen and oxygen atoms in total. The fraction of sp³-hybridized carbons (Fsp3) is 0.538. The molecule has 0 aliphatic rings. The third kappa shape index (κ3) is 3.93. The van der Waals surface area contributed by atoms with Gasteiger partial charge in [0.15, 0.2) is 0 Å². The van der Waals surface area contributed by atoms with E-state index in [2.05, 4.69) is 45.0 Å².